The van der Waals surface area contributed by atoms with E-state index in [1.165, 1.54) is 0 Å². The molecule has 0 N–H and O–H groups in total. The summed E-state index contributed by atoms with van der Waals surface area (Å²) in [6, 6.07) is 19.5. The number of likely N-dealkylation sites (tertiary alicyclic amines) is 1. The Kier molecular flexibility index (Phi) is 4.86. The molecule has 1 saturated heterocycles. The van der Waals surface area contributed by atoms with Crippen LogP contribution in [-0.2, 0) is 7.05 Å². The normalized spacial score (nSPS) is 16.0. The van der Waals surface area contributed by atoms with Crippen molar-refractivity contribution in [2.75, 3.05) is 6.54 Å². The Labute approximate surface area is 180 Å². The summed E-state index contributed by atoms with van der Waals surface area (Å²) in [6.45, 7) is 0.766. The van der Waals surface area contributed by atoms with Crippen LogP contribution in [0.15, 0.2) is 84.0 Å². The summed E-state index contributed by atoms with van der Waals surface area (Å²) >= 11 is 0. The third-order valence-corrected chi connectivity index (χ3v) is 6.09. The number of carbonyl (C=O) groups is 1. The molecule has 1 unspecified atom stereocenters. The van der Waals surface area contributed by atoms with Gasteiger partial charge in [-0.25, -0.2) is 0 Å². The zero-order chi connectivity index (χ0) is 21.4. The van der Waals surface area contributed by atoms with Crippen LogP contribution in [-0.4, -0.2) is 26.9 Å². The highest BCUT2D eigenvalue weighted by Crippen LogP contribution is 2.33. The first kappa shape index (κ1) is 19.2. The van der Waals surface area contributed by atoms with E-state index in [2.05, 4.69) is 11.1 Å². The molecule has 154 valence electrons. The Morgan fingerprint density at radius 1 is 1.00 bits per heavy atom. The molecule has 5 nitrogen and oxygen atoms in total. The third kappa shape index (κ3) is 3.63. The smallest absolute Gasteiger partial charge is 0.254 e. The number of hydrogen-bond acceptors (Lipinski definition) is 3. The molecule has 0 aliphatic carbocycles. The molecule has 2 aromatic heterocycles. The lowest BCUT2D eigenvalue weighted by molar-refractivity contribution is 0.0735. The first-order valence-corrected chi connectivity index (χ1v) is 10.5. The molecule has 1 aliphatic heterocycles. The van der Waals surface area contributed by atoms with E-state index in [0.717, 1.165) is 46.8 Å². The molecule has 2 aromatic carbocycles. The number of hydrogen-bond donors (Lipinski definition) is 0. The fourth-order valence-corrected chi connectivity index (χ4v) is 4.42. The molecule has 1 atom stereocenters. The molecule has 0 spiro atoms. The maximum atomic E-state index is 13.3. The van der Waals surface area contributed by atoms with E-state index in [1.807, 2.05) is 65.8 Å². The number of carbonyl (C=O) groups excluding carboxylic acids is 1. The van der Waals surface area contributed by atoms with Gasteiger partial charge in [-0.15, -0.1) is 0 Å². The monoisotopic (exact) mass is 409 g/mol. The van der Waals surface area contributed by atoms with Gasteiger partial charge < -0.3 is 9.47 Å². The van der Waals surface area contributed by atoms with Gasteiger partial charge in [0.25, 0.3) is 5.91 Å². The van der Waals surface area contributed by atoms with Crippen molar-refractivity contribution < 1.29 is 4.79 Å². The van der Waals surface area contributed by atoms with Gasteiger partial charge in [0.15, 0.2) is 0 Å². The van der Waals surface area contributed by atoms with E-state index in [-0.39, 0.29) is 17.5 Å². The first-order chi connectivity index (χ1) is 15.1. The van der Waals surface area contributed by atoms with Crippen molar-refractivity contribution in [2.24, 2.45) is 7.05 Å². The van der Waals surface area contributed by atoms with E-state index in [0.29, 0.717) is 5.56 Å². The highest BCUT2D eigenvalue weighted by molar-refractivity contribution is 5.99. The second kappa shape index (κ2) is 7.84. The van der Waals surface area contributed by atoms with E-state index >= 15 is 0 Å². The standard InChI is InChI=1S/C26H23N3O2/c1-28-17-23(10-11-25(28)30)20-7-6-19-15-21(9-8-18(19)14-20)26(31)29-13-3-5-24(29)22-4-2-12-27-16-22/h2,4,6-12,14-17,24H,3,5,13H2,1H3. The molecule has 1 fully saturated rings. The molecule has 31 heavy (non-hydrogen) atoms. The van der Waals surface area contributed by atoms with E-state index in [9.17, 15) is 9.59 Å². The Morgan fingerprint density at radius 2 is 1.81 bits per heavy atom. The van der Waals surface area contributed by atoms with Crippen molar-refractivity contribution in [1.82, 2.24) is 14.5 Å². The molecule has 4 aromatic rings. The van der Waals surface area contributed by atoms with Crippen LogP contribution in [0.4, 0.5) is 0 Å². The highest BCUT2D eigenvalue weighted by atomic mass is 16.2. The summed E-state index contributed by atoms with van der Waals surface area (Å²) in [5, 5.41) is 2.09. The highest BCUT2D eigenvalue weighted by Gasteiger charge is 2.30. The van der Waals surface area contributed by atoms with Gasteiger partial charge in [-0.1, -0.05) is 24.3 Å². The van der Waals surface area contributed by atoms with Crippen LogP contribution in [0.1, 0.15) is 34.8 Å². The Balaban J connectivity index is 1.45. The van der Waals surface area contributed by atoms with Crippen LogP contribution < -0.4 is 5.56 Å². The summed E-state index contributed by atoms with van der Waals surface area (Å²) in [7, 11) is 1.75. The molecule has 1 aliphatic rings. The number of aryl methyl sites for hydroxylation is 1. The first-order valence-electron chi connectivity index (χ1n) is 10.5. The van der Waals surface area contributed by atoms with Gasteiger partial charge in [0.2, 0.25) is 5.56 Å². The number of aromatic nitrogens is 2. The van der Waals surface area contributed by atoms with Gasteiger partial charge in [-0.3, -0.25) is 14.6 Å². The molecule has 1 amide bonds. The van der Waals surface area contributed by atoms with Gasteiger partial charge in [-0.05, 0) is 70.6 Å². The molecule has 5 rings (SSSR count). The van der Waals surface area contributed by atoms with Crippen LogP contribution in [0, 0.1) is 0 Å². The summed E-state index contributed by atoms with van der Waals surface area (Å²) in [6.07, 6.45) is 7.43. The minimum atomic E-state index is -0.0285. The van der Waals surface area contributed by atoms with E-state index in [4.69, 9.17) is 0 Å². The predicted octanol–water partition coefficient (Wildman–Crippen LogP) is 4.58. The largest absolute Gasteiger partial charge is 0.332 e. The van der Waals surface area contributed by atoms with Crippen molar-refractivity contribution in [3.8, 4) is 11.1 Å². The third-order valence-electron chi connectivity index (χ3n) is 6.09. The fraction of sp³-hybridized carbons (Fsp3) is 0.192. The second-order valence-corrected chi connectivity index (χ2v) is 8.09. The number of rotatable bonds is 3. The van der Waals surface area contributed by atoms with Crippen LogP contribution in [0.2, 0.25) is 0 Å². The van der Waals surface area contributed by atoms with E-state index in [1.54, 1.807) is 23.9 Å². The summed E-state index contributed by atoms with van der Waals surface area (Å²) in [5.74, 6) is 0.0652. The van der Waals surface area contributed by atoms with Crippen LogP contribution in [0.25, 0.3) is 21.9 Å². The number of nitrogens with zero attached hydrogens (tertiary/aromatic N) is 3. The van der Waals surface area contributed by atoms with Gasteiger partial charge in [-0.2, -0.15) is 0 Å². The van der Waals surface area contributed by atoms with Crippen molar-refractivity contribution >= 4 is 16.7 Å². The summed E-state index contributed by atoms with van der Waals surface area (Å²) < 4.78 is 1.58. The molecular formula is C26H23N3O2. The number of fused-ring (bicyclic) bond motifs is 1. The Bertz CT molecular complexity index is 1330. The van der Waals surface area contributed by atoms with Crippen LogP contribution in [0.3, 0.4) is 0 Å². The summed E-state index contributed by atoms with van der Waals surface area (Å²) in [5.41, 5.74) is 3.80. The summed E-state index contributed by atoms with van der Waals surface area (Å²) in [4.78, 5) is 31.2. The Morgan fingerprint density at radius 3 is 2.61 bits per heavy atom. The molecule has 0 bridgehead atoms. The van der Waals surface area contributed by atoms with E-state index < -0.39 is 0 Å². The van der Waals surface area contributed by atoms with Gasteiger partial charge in [0.1, 0.15) is 0 Å². The fourth-order valence-electron chi connectivity index (χ4n) is 4.42. The second-order valence-electron chi connectivity index (χ2n) is 8.09. The van der Waals surface area contributed by atoms with Crippen LogP contribution >= 0.6 is 0 Å². The van der Waals surface area contributed by atoms with Gasteiger partial charge in [0.05, 0.1) is 6.04 Å². The maximum absolute atomic E-state index is 13.3. The maximum Gasteiger partial charge on any atom is 0.254 e. The zero-order valence-corrected chi connectivity index (χ0v) is 17.4. The minimum Gasteiger partial charge on any atom is -0.332 e. The predicted molar refractivity (Wildman–Crippen MR) is 122 cm³/mol. The zero-order valence-electron chi connectivity index (χ0n) is 17.4. The lowest BCUT2D eigenvalue weighted by Crippen LogP contribution is -2.30. The average molecular weight is 409 g/mol. The number of benzene rings is 2. The van der Waals surface area contributed by atoms with Crippen molar-refractivity contribution in [3.63, 3.8) is 0 Å². The molecule has 3 heterocycles. The van der Waals surface area contributed by atoms with Crippen molar-refractivity contribution in [2.45, 2.75) is 18.9 Å². The lowest BCUT2D eigenvalue weighted by atomic mass is 10.00. The number of pyridine rings is 2. The quantitative estimate of drug-likeness (QED) is 0.498. The van der Waals surface area contributed by atoms with Crippen molar-refractivity contribution in [3.05, 3.63) is 101 Å². The minimum absolute atomic E-state index is 0.0285. The average Bonchev–Trinajstić information content (AvgIpc) is 3.30. The van der Waals surface area contributed by atoms with Crippen molar-refractivity contribution in [1.29, 1.82) is 0 Å². The molecule has 0 saturated carbocycles. The lowest BCUT2D eigenvalue weighted by Gasteiger charge is -2.25. The van der Waals surface area contributed by atoms with Crippen LogP contribution in [0.5, 0.6) is 0 Å². The topological polar surface area (TPSA) is 55.2 Å². The number of amides is 1. The van der Waals surface area contributed by atoms with Gasteiger partial charge in [0, 0.05) is 43.8 Å². The van der Waals surface area contributed by atoms with Gasteiger partial charge >= 0.3 is 0 Å². The SMILES string of the molecule is Cn1cc(-c2ccc3cc(C(=O)N4CCCC4c4cccnc4)ccc3c2)ccc1=O. The molecule has 0 radical (unpaired) electrons. The molecular weight excluding hydrogens is 386 g/mol. The molecule has 5 heteroatoms. The Hall–Kier alpha value is -3.73.